The fraction of sp³-hybridized carbons (Fsp3) is 0.467. The lowest BCUT2D eigenvalue weighted by Gasteiger charge is -2.33. The predicted octanol–water partition coefficient (Wildman–Crippen LogP) is 0.907. The van der Waals surface area contributed by atoms with E-state index in [0.29, 0.717) is 32.7 Å². The number of piperazine rings is 1. The average molecular weight is 291 g/mol. The van der Waals surface area contributed by atoms with Crippen molar-refractivity contribution in [3.05, 3.63) is 35.4 Å². The summed E-state index contributed by atoms with van der Waals surface area (Å²) in [6.45, 7) is 4.90. The maximum Gasteiger partial charge on any atom is 0.317 e. The summed E-state index contributed by atoms with van der Waals surface area (Å²) >= 11 is 0. The van der Waals surface area contributed by atoms with E-state index in [1.165, 1.54) is 0 Å². The number of carboxylic acids is 1. The third-order valence-corrected chi connectivity index (χ3v) is 3.71. The van der Waals surface area contributed by atoms with Gasteiger partial charge in [-0.2, -0.15) is 0 Å². The smallest absolute Gasteiger partial charge is 0.317 e. The zero-order chi connectivity index (χ0) is 15.2. The second kappa shape index (κ2) is 7.08. The van der Waals surface area contributed by atoms with Gasteiger partial charge in [0.05, 0.1) is 6.54 Å². The van der Waals surface area contributed by atoms with Crippen molar-refractivity contribution >= 4 is 12.0 Å². The second-order valence-electron chi connectivity index (χ2n) is 5.24. The number of amides is 2. The first kappa shape index (κ1) is 15.3. The van der Waals surface area contributed by atoms with Crippen LogP contribution in [0.25, 0.3) is 0 Å². The number of urea groups is 1. The Morgan fingerprint density at radius 2 is 1.86 bits per heavy atom. The number of carbonyl (C=O) groups excluding carboxylic acids is 1. The van der Waals surface area contributed by atoms with Crippen LogP contribution in [0.3, 0.4) is 0 Å². The Bertz CT molecular complexity index is 511. The standard InChI is InChI=1S/C15H21N3O3/c1-12-4-2-3-5-13(12)10-16-15(21)18-8-6-17(7-9-18)11-14(19)20/h2-5H,6-11H2,1H3,(H,16,21)(H,19,20). The summed E-state index contributed by atoms with van der Waals surface area (Å²) in [5, 5.41) is 11.7. The number of rotatable bonds is 4. The van der Waals surface area contributed by atoms with E-state index in [4.69, 9.17) is 5.11 Å². The normalized spacial score (nSPS) is 15.8. The van der Waals surface area contributed by atoms with Crippen molar-refractivity contribution in [3.8, 4) is 0 Å². The third-order valence-electron chi connectivity index (χ3n) is 3.71. The summed E-state index contributed by atoms with van der Waals surface area (Å²) in [6, 6.07) is 7.86. The van der Waals surface area contributed by atoms with E-state index < -0.39 is 5.97 Å². The molecule has 1 aliphatic rings. The van der Waals surface area contributed by atoms with Gasteiger partial charge < -0.3 is 15.3 Å². The van der Waals surface area contributed by atoms with E-state index >= 15 is 0 Å². The summed E-state index contributed by atoms with van der Waals surface area (Å²) in [5.41, 5.74) is 2.26. The number of aryl methyl sites for hydroxylation is 1. The van der Waals surface area contributed by atoms with Gasteiger partial charge in [0.15, 0.2) is 0 Å². The highest BCUT2D eigenvalue weighted by Gasteiger charge is 2.21. The molecule has 6 heteroatoms. The fourth-order valence-electron chi connectivity index (χ4n) is 2.39. The van der Waals surface area contributed by atoms with Crippen molar-refractivity contribution < 1.29 is 14.7 Å². The van der Waals surface area contributed by atoms with Gasteiger partial charge >= 0.3 is 12.0 Å². The first-order chi connectivity index (χ1) is 10.1. The van der Waals surface area contributed by atoms with Crippen LogP contribution in [0.2, 0.25) is 0 Å². The molecular weight excluding hydrogens is 270 g/mol. The van der Waals surface area contributed by atoms with Crippen molar-refractivity contribution in [3.63, 3.8) is 0 Å². The Morgan fingerprint density at radius 1 is 1.19 bits per heavy atom. The van der Waals surface area contributed by atoms with Gasteiger partial charge in [0.1, 0.15) is 0 Å². The molecule has 0 radical (unpaired) electrons. The summed E-state index contributed by atoms with van der Waals surface area (Å²) in [6.07, 6.45) is 0. The molecule has 1 aliphatic heterocycles. The molecule has 0 aromatic heterocycles. The topological polar surface area (TPSA) is 72.9 Å². The molecule has 1 saturated heterocycles. The molecule has 114 valence electrons. The minimum Gasteiger partial charge on any atom is -0.480 e. The lowest BCUT2D eigenvalue weighted by atomic mass is 10.1. The molecule has 0 aliphatic carbocycles. The molecule has 1 aromatic rings. The van der Waals surface area contributed by atoms with Crippen molar-refractivity contribution in [1.82, 2.24) is 15.1 Å². The van der Waals surface area contributed by atoms with Gasteiger partial charge in [-0.1, -0.05) is 24.3 Å². The van der Waals surface area contributed by atoms with Crippen LogP contribution in [0.5, 0.6) is 0 Å². The molecule has 21 heavy (non-hydrogen) atoms. The molecular formula is C15H21N3O3. The maximum atomic E-state index is 12.1. The highest BCUT2D eigenvalue weighted by atomic mass is 16.4. The summed E-state index contributed by atoms with van der Waals surface area (Å²) in [7, 11) is 0. The van der Waals surface area contributed by atoms with E-state index in [0.717, 1.165) is 11.1 Å². The van der Waals surface area contributed by atoms with Crippen molar-refractivity contribution in [1.29, 1.82) is 0 Å². The van der Waals surface area contributed by atoms with E-state index in [1.54, 1.807) is 4.90 Å². The Hall–Kier alpha value is -2.08. The molecule has 1 heterocycles. The Balaban J connectivity index is 1.77. The number of carbonyl (C=O) groups is 2. The van der Waals surface area contributed by atoms with Gasteiger partial charge in [-0.05, 0) is 18.1 Å². The fourth-order valence-corrected chi connectivity index (χ4v) is 2.39. The molecule has 0 saturated carbocycles. The number of carboxylic acid groups (broad SMARTS) is 1. The van der Waals surface area contributed by atoms with Crippen LogP contribution in [0.1, 0.15) is 11.1 Å². The highest BCUT2D eigenvalue weighted by molar-refractivity contribution is 5.74. The van der Waals surface area contributed by atoms with E-state index in [1.807, 2.05) is 36.1 Å². The minimum absolute atomic E-state index is 0.0403. The van der Waals surface area contributed by atoms with Crippen LogP contribution >= 0.6 is 0 Å². The largest absolute Gasteiger partial charge is 0.480 e. The molecule has 2 N–H and O–H groups in total. The van der Waals surface area contributed by atoms with Gasteiger partial charge in [-0.3, -0.25) is 9.69 Å². The number of nitrogens with one attached hydrogen (secondary N) is 1. The van der Waals surface area contributed by atoms with Crippen LogP contribution in [0.15, 0.2) is 24.3 Å². The zero-order valence-electron chi connectivity index (χ0n) is 12.2. The molecule has 0 spiro atoms. The lowest BCUT2D eigenvalue weighted by molar-refractivity contribution is -0.138. The van der Waals surface area contributed by atoms with Crippen molar-refractivity contribution in [2.45, 2.75) is 13.5 Å². The molecule has 0 atom stereocenters. The summed E-state index contributed by atoms with van der Waals surface area (Å²) in [5.74, 6) is -0.826. The predicted molar refractivity (Wildman–Crippen MR) is 79.1 cm³/mol. The second-order valence-corrected chi connectivity index (χ2v) is 5.24. The van der Waals surface area contributed by atoms with Gasteiger partial charge in [0.25, 0.3) is 0 Å². The number of nitrogens with zero attached hydrogens (tertiary/aromatic N) is 2. The third kappa shape index (κ3) is 4.46. The van der Waals surface area contributed by atoms with Crippen LogP contribution in [-0.4, -0.2) is 59.6 Å². The van der Waals surface area contributed by atoms with E-state index in [2.05, 4.69) is 5.32 Å². The van der Waals surface area contributed by atoms with Crippen LogP contribution in [0.4, 0.5) is 4.79 Å². The SMILES string of the molecule is Cc1ccccc1CNC(=O)N1CCN(CC(=O)O)CC1. The quantitative estimate of drug-likeness (QED) is 0.865. The Labute approximate surface area is 124 Å². The molecule has 6 nitrogen and oxygen atoms in total. The zero-order valence-corrected chi connectivity index (χ0v) is 12.2. The van der Waals surface area contributed by atoms with Crippen LogP contribution in [0, 0.1) is 6.92 Å². The average Bonchev–Trinajstić information content (AvgIpc) is 2.46. The molecule has 2 rings (SSSR count). The maximum absolute atomic E-state index is 12.1. The van der Waals surface area contributed by atoms with Crippen molar-refractivity contribution in [2.24, 2.45) is 0 Å². The minimum atomic E-state index is -0.826. The number of hydrogen-bond acceptors (Lipinski definition) is 3. The first-order valence-corrected chi connectivity index (χ1v) is 7.07. The summed E-state index contributed by atoms with van der Waals surface area (Å²) in [4.78, 5) is 26.3. The van der Waals surface area contributed by atoms with E-state index in [9.17, 15) is 9.59 Å². The molecule has 1 fully saturated rings. The van der Waals surface area contributed by atoms with Gasteiger partial charge in [-0.15, -0.1) is 0 Å². The van der Waals surface area contributed by atoms with Gasteiger partial charge in [-0.25, -0.2) is 4.79 Å². The first-order valence-electron chi connectivity index (χ1n) is 7.07. The number of hydrogen-bond donors (Lipinski definition) is 2. The molecule has 2 amide bonds. The molecule has 0 bridgehead atoms. The van der Waals surface area contributed by atoms with Crippen molar-refractivity contribution in [2.75, 3.05) is 32.7 Å². The van der Waals surface area contributed by atoms with Gasteiger partial charge in [0, 0.05) is 32.7 Å². The highest BCUT2D eigenvalue weighted by Crippen LogP contribution is 2.07. The summed E-state index contributed by atoms with van der Waals surface area (Å²) < 4.78 is 0. The van der Waals surface area contributed by atoms with Crippen LogP contribution in [-0.2, 0) is 11.3 Å². The van der Waals surface area contributed by atoms with Gasteiger partial charge in [0.2, 0.25) is 0 Å². The molecule has 1 aromatic carbocycles. The monoisotopic (exact) mass is 291 g/mol. The Kier molecular flexibility index (Phi) is 5.16. The van der Waals surface area contributed by atoms with E-state index in [-0.39, 0.29) is 12.6 Å². The molecule has 0 unspecified atom stereocenters. The Morgan fingerprint density at radius 3 is 2.48 bits per heavy atom. The van der Waals surface area contributed by atoms with Crippen LogP contribution < -0.4 is 5.32 Å². The lowest BCUT2D eigenvalue weighted by Crippen LogP contribution is -2.52. The number of benzene rings is 1. The number of aliphatic carboxylic acids is 1.